The van der Waals surface area contributed by atoms with Crippen LogP contribution in [0.4, 0.5) is 0 Å². The molecule has 20 saturated carbocycles. The first kappa shape index (κ1) is 121. The summed E-state index contributed by atoms with van der Waals surface area (Å²) in [4.78, 5) is 12.8. The average Bonchev–Trinajstić information content (AvgIpc) is 1.47. The second-order valence-electron chi connectivity index (χ2n) is 58.2. The fourth-order valence-corrected chi connectivity index (χ4v) is 47.1. The van der Waals surface area contributed by atoms with E-state index in [1.165, 1.54) is 69.0 Å². The predicted molar refractivity (Wildman–Crippen MR) is 595 cm³/mol. The van der Waals surface area contributed by atoms with Crippen LogP contribution in [0, 0.1) is 353 Å². The van der Waals surface area contributed by atoms with Crippen molar-refractivity contribution in [2.75, 3.05) is 13.2 Å². The molecule has 148 heavy (non-hydrogen) atoms. The van der Waals surface area contributed by atoms with E-state index in [4.69, 9.17) is 22.1 Å². The van der Waals surface area contributed by atoms with Gasteiger partial charge < -0.3 is 72.9 Å². The minimum Gasteiger partial charge on any atom is -0.562 e. The normalized spacial score (nSPS) is 53.2. The summed E-state index contributed by atoms with van der Waals surface area (Å²) in [5.41, 5.74) is 1.94. The van der Waals surface area contributed by atoms with Crippen LogP contribution in [0.5, 0.6) is 0 Å². The standard InChI is InChI=1S/C31H51BO3S.C30H47BO5S.C30H50BO4S.C30H49BO4S.3Ac/c1-8-30(13-9-10-19(2)3)18-31(30)24-16-22(33)26-27(5)14-12-23(35-36-32)20(4)21(27)11-15-28(26,6)29(24,7)17-25(31)34;1-17(2)8-7-11-29(25(34)35)16-30(29)22-14-20(32)24-26(4)12-10-21(36-37-31)18(3)19(26)9-13-27(24,5)28(22,6)15-23(30)33;2*1-18(2)8-7-11-29(17-32)16-30(29)23-14-21(33)25-26(4)12-10-22(35-36-31)19(3)20(26)9-13-27(25,5)28(23,6)15-24(30)34;;;/h10,20-24,26,32-34H,8-9,11-18H2,1-7H3;8,18-22,24,31-33H,7,9-16H2,1-6H3,(H,34,35);8,19-25,31-34H,7,9-17H2,1-6H3;8,19-23,25,31-34H,7,9-17H2,1-6H3;;;/q2*-1;;-1;;;/t20?,21?,22?,23?,24?,26?,27-,28?,29-,30?,31?;18?,19?,20?,21?,22?,24?,26-,27?,28-,29?,30?;19?,20?,21?,22?,23?,24-,25?,26-,27?,28-,29?,30?;19?,20?,21?,22?,23?,25?,26-,27?,28-,29?,30?;;;/m0000.../s1/i32T;3*31T;;;. The number of allylic oxidation sites excluding steroid dienone is 8. The molecule has 4 spiro atoms. The van der Waals surface area contributed by atoms with Gasteiger partial charge in [-0.25, -0.2) is 0 Å². The van der Waals surface area contributed by atoms with Gasteiger partial charge in [0.1, 0.15) is 0 Å². The smallest absolute Gasteiger partial charge is 0.307 e. The van der Waals surface area contributed by atoms with Gasteiger partial charge >= 0.3 is 5.97 Å². The fraction of sp³-hybridized carbons (Fsp3) is 0.901. The molecule has 36 unspecified atom stereocenters. The second-order valence-corrected chi connectivity index (χ2v) is 59.8. The maximum atomic E-state index is 12.8. The molecule has 0 aromatic heterocycles. The summed E-state index contributed by atoms with van der Waals surface area (Å²) in [7, 11) is 5.08. The Balaban J connectivity index is 0.000000158. The number of carboxylic acids is 1. The van der Waals surface area contributed by atoms with Crippen molar-refractivity contribution in [2.24, 2.45) is 203 Å². The molecule has 45 atom stereocenters. The summed E-state index contributed by atoms with van der Waals surface area (Å²) in [5, 5.41) is 127. The molecule has 0 amide bonds. The van der Waals surface area contributed by atoms with Crippen molar-refractivity contribution in [3.63, 3.8) is 0 Å². The molecule has 7 radical (unpaired) electrons. The number of aliphatic hydroxyl groups excluding tert-OH is 10. The molecule has 16 nitrogen and oxygen atoms in total. The number of aliphatic carboxylic acids is 1. The van der Waals surface area contributed by atoms with Crippen molar-refractivity contribution in [3.05, 3.63) is 64.9 Å². The van der Waals surface area contributed by atoms with Crippen molar-refractivity contribution in [2.45, 2.75) is 466 Å². The fourth-order valence-electron chi connectivity index (χ4n) is 45.5. The molecule has 0 heterocycles. The number of hydrogen-bond donors (Lipinski definition) is 11. The first-order valence-electron chi connectivity index (χ1n) is 60.3. The summed E-state index contributed by atoms with van der Waals surface area (Å²) in [5.74, 6) is 4.22. The third kappa shape index (κ3) is 18.6. The molecular formula is C121H197Ac3B4O16S4-3. The molecule has 0 aromatic carbocycles. The zero-order chi connectivity index (χ0) is 109. The molecule has 0 aromatic rings. The van der Waals surface area contributed by atoms with Crippen LogP contribution in [-0.4, -0.2) is 164 Å². The van der Waals surface area contributed by atoms with Gasteiger partial charge in [0.05, 0.1) is 54.9 Å². The maximum absolute atomic E-state index is 12.8. The van der Waals surface area contributed by atoms with E-state index in [0.29, 0.717) is 104 Å². The van der Waals surface area contributed by atoms with Crippen LogP contribution < -0.4 is 0 Å². The predicted octanol–water partition coefficient (Wildman–Crippen LogP) is 25.4. The topological polar surface area (TPSA) is 277 Å². The Morgan fingerprint density at radius 3 is 0.953 bits per heavy atom. The summed E-state index contributed by atoms with van der Waals surface area (Å²) >= 11 is 4.57. The largest absolute Gasteiger partial charge is 0.562 e. The van der Waals surface area contributed by atoms with E-state index in [9.17, 15) is 61.0 Å². The second kappa shape index (κ2) is 45.2. The first-order valence-corrected chi connectivity index (χ1v) is 61.2. The molecule has 20 rings (SSSR count). The Hall–Kier alpha value is 3.85. The first-order chi connectivity index (χ1) is 69.8. The molecule has 20 aliphatic rings. The summed E-state index contributed by atoms with van der Waals surface area (Å²) in [6.45, 7) is 57.9. The Morgan fingerprint density at radius 1 is 0.372 bits per heavy atom. The summed E-state index contributed by atoms with van der Waals surface area (Å²) in [6, 6.07) is 0. The van der Waals surface area contributed by atoms with Gasteiger partial charge in [-0.1, -0.05) is 277 Å². The Kier molecular flexibility index (Phi) is 37.0. The van der Waals surface area contributed by atoms with E-state index in [1.807, 2.05) is 13.8 Å². The van der Waals surface area contributed by atoms with E-state index in [2.05, 4.69) is 184 Å². The zero-order valence-corrected chi connectivity index (χ0v) is 113. The third-order valence-corrected chi connectivity index (χ3v) is 54.3. The van der Waals surface area contributed by atoms with Crippen LogP contribution in [0.1, 0.15) is 411 Å². The minimum atomic E-state index is -0.939. The van der Waals surface area contributed by atoms with E-state index in [-0.39, 0.29) is 321 Å². The molecule has 20 fully saturated rings. The third-order valence-electron chi connectivity index (χ3n) is 52.9. The Bertz CT molecular complexity index is 4590. The summed E-state index contributed by atoms with van der Waals surface area (Å²) < 4.78 is 53.4. The van der Waals surface area contributed by atoms with E-state index < -0.39 is 35.1 Å². The van der Waals surface area contributed by atoms with Gasteiger partial charge in [-0.05, 0) is 384 Å². The van der Waals surface area contributed by atoms with Gasteiger partial charge in [0.15, 0.2) is 0 Å². The number of carbonyl (C=O) groups is 1. The van der Waals surface area contributed by atoms with Crippen molar-refractivity contribution in [1.82, 2.24) is 0 Å². The zero-order valence-electron chi connectivity index (χ0n) is 100.0. The molecule has 0 saturated heterocycles. The van der Waals surface area contributed by atoms with Gasteiger partial charge in [0.25, 0.3) is 0 Å². The molecule has 11 N–H and O–H groups in total. The molecular weight excluding hydrogens is 2560 g/mol. The number of hydrogen-bond acceptors (Lipinski definition) is 19. The monoisotopic (exact) mass is 2770 g/mol. The van der Waals surface area contributed by atoms with Crippen molar-refractivity contribution < 1.29 is 210 Å². The van der Waals surface area contributed by atoms with Crippen molar-refractivity contribution in [1.29, 1.82) is 5.34 Å². The molecule has 20 aliphatic carbocycles. The van der Waals surface area contributed by atoms with Crippen molar-refractivity contribution >= 4 is 81.9 Å². The number of carboxylic acid groups (broad SMARTS) is 1. The Morgan fingerprint density at radius 2 is 0.649 bits per heavy atom. The van der Waals surface area contributed by atoms with Crippen LogP contribution in [0.15, 0.2) is 46.6 Å². The molecule has 825 valence electrons. The number of fused-ring (bicyclic) bond motifs is 24. The molecule has 27 heteroatoms. The van der Waals surface area contributed by atoms with Crippen LogP contribution in [0.25, 0.3) is 0 Å². The molecule has 0 aliphatic heterocycles. The maximum Gasteiger partial charge on any atom is 0.307 e. The quantitative estimate of drug-likeness (QED) is 0.0150. The van der Waals surface area contributed by atoms with Gasteiger partial charge in [-0.2, -0.15) is 18.3 Å². The van der Waals surface area contributed by atoms with Crippen LogP contribution in [0.2, 0.25) is 0 Å². The van der Waals surface area contributed by atoms with Crippen LogP contribution in [-0.2, 0) is 21.5 Å². The van der Waals surface area contributed by atoms with Gasteiger partial charge in [-0.3, -0.25) is 4.79 Å². The summed E-state index contributed by atoms with van der Waals surface area (Å²) in [6.07, 6.45) is 43.4. The van der Waals surface area contributed by atoms with Crippen molar-refractivity contribution in [3.8, 4) is 0 Å². The van der Waals surface area contributed by atoms with E-state index >= 15 is 0 Å². The van der Waals surface area contributed by atoms with Crippen LogP contribution >= 0.6 is 47.6 Å². The van der Waals surface area contributed by atoms with Gasteiger partial charge in [-0.15, -0.1) is 35.5 Å². The average molecular weight is 2770 g/mol. The number of aliphatic hydroxyl groups is 10. The molecule has 0 bridgehead atoms. The minimum absolute atomic E-state index is 0. The van der Waals surface area contributed by atoms with E-state index in [0.717, 1.165) is 234 Å². The Labute approximate surface area is 1030 Å². The van der Waals surface area contributed by atoms with Gasteiger partial charge in [0, 0.05) is 162 Å². The van der Waals surface area contributed by atoms with Gasteiger partial charge in [0.2, 0.25) is 28.4 Å². The van der Waals surface area contributed by atoms with Crippen LogP contribution in [0.3, 0.4) is 0 Å². The number of rotatable bonds is 28. The van der Waals surface area contributed by atoms with E-state index in [1.54, 1.807) is 0 Å². The SMILES string of the molecule is [3H][B]SOC1CC[C@@]2(C)C(CCC3(C)C2C(O)CC2C4(CC4(CC)CCC=C(C)C)[C-](O)C[C@@]23C)C1C.[3H][B]SOC1CC[C@@]2(C)C(CCC3(C)C2C(O)CC2C4(CC4(CCC=C(C)C)C(=O)O)[C-](O)C[C@@]23C)C1C.[3H][B]SOC1CC[C@@]2(C)C(CCC3(C)C2C(O)CC2C4(CC4(CO)CCC=C(C)C)[C-](O)C[C@@]23C)C1C.[3H][B]SOC1CC[C@@]2(C)C(CCC3(C)C2C(O)CC2C4(CC4(CO)CCC=C(C)C)[C@@H](O)C[C@@]23C)C1C.[Ac].[Ac].[Ac].